The Balaban J connectivity index is 1.74. The molecule has 0 radical (unpaired) electrons. The van der Waals surface area contributed by atoms with Gasteiger partial charge in [-0.3, -0.25) is 4.79 Å². The Kier molecular flexibility index (Phi) is 5.75. The number of hydrogen-bond donors (Lipinski definition) is 1. The quantitative estimate of drug-likeness (QED) is 0.759. The van der Waals surface area contributed by atoms with E-state index in [1.54, 1.807) is 24.3 Å². The summed E-state index contributed by atoms with van der Waals surface area (Å²) < 4.78 is 10.6. The third-order valence-corrected chi connectivity index (χ3v) is 6.24. The SMILES string of the molecule is COC(=O)c1ccc(C2C(C(=O)OC3CCCC3)=C(C)NC3=C2C(=O)CCC3)cc1. The number of nitrogens with one attached hydrogen (secondary N) is 1. The van der Waals surface area contributed by atoms with Crippen LogP contribution < -0.4 is 5.32 Å². The molecule has 1 aromatic rings. The summed E-state index contributed by atoms with van der Waals surface area (Å²) in [6.45, 7) is 1.87. The van der Waals surface area contributed by atoms with Crippen LogP contribution in [0.3, 0.4) is 0 Å². The number of hydrogen-bond acceptors (Lipinski definition) is 6. The lowest BCUT2D eigenvalue weighted by Gasteiger charge is -2.34. The number of ether oxygens (including phenoxy) is 2. The number of rotatable bonds is 4. The zero-order valence-corrected chi connectivity index (χ0v) is 17.5. The second kappa shape index (κ2) is 8.46. The van der Waals surface area contributed by atoms with Gasteiger partial charge < -0.3 is 14.8 Å². The molecule has 1 aromatic carbocycles. The largest absolute Gasteiger partial charge is 0.465 e. The zero-order chi connectivity index (χ0) is 21.3. The van der Waals surface area contributed by atoms with E-state index in [1.165, 1.54) is 7.11 Å². The van der Waals surface area contributed by atoms with Crippen molar-refractivity contribution in [1.29, 1.82) is 0 Å². The first-order valence-electron chi connectivity index (χ1n) is 10.6. The Morgan fingerprint density at radius 2 is 1.70 bits per heavy atom. The van der Waals surface area contributed by atoms with Crippen LogP contribution in [0.5, 0.6) is 0 Å². The first kappa shape index (κ1) is 20.4. The van der Waals surface area contributed by atoms with Gasteiger partial charge in [-0.05, 0) is 63.1 Å². The Bertz CT molecular complexity index is 935. The molecule has 1 aliphatic heterocycles. The fraction of sp³-hybridized carbons (Fsp3) is 0.458. The van der Waals surface area contributed by atoms with E-state index in [4.69, 9.17) is 9.47 Å². The Labute approximate surface area is 176 Å². The molecule has 0 spiro atoms. The van der Waals surface area contributed by atoms with E-state index in [0.717, 1.165) is 55.5 Å². The minimum Gasteiger partial charge on any atom is -0.465 e. The summed E-state index contributed by atoms with van der Waals surface area (Å²) >= 11 is 0. The average Bonchev–Trinajstić information content (AvgIpc) is 3.25. The fourth-order valence-corrected chi connectivity index (χ4v) is 4.74. The zero-order valence-electron chi connectivity index (χ0n) is 17.5. The third kappa shape index (κ3) is 3.78. The van der Waals surface area contributed by atoms with Gasteiger partial charge in [0.05, 0.1) is 18.2 Å². The van der Waals surface area contributed by atoms with Crippen molar-refractivity contribution in [2.75, 3.05) is 7.11 Å². The highest BCUT2D eigenvalue weighted by Crippen LogP contribution is 2.43. The highest BCUT2D eigenvalue weighted by Gasteiger charge is 2.39. The van der Waals surface area contributed by atoms with Crippen molar-refractivity contribution in [3.05, 3.63) is 57.9 Å². The van der Waals surface area contributed by atoms with E-state index in [9.17, 15) is 14.4 Å². The van der Waals surface area contributed by atoms with Crippen LogP contribution in [0.2, 0.25) is 0 Å². The van der Waals surface area contributed by atoms with Crippen molar-refractivity contribution in [3.63, 3.8) is 0 Å². The Morgan fingerprint density at radius 1 is 1.00 bits per heavy atom. The van der Waals surface area contributed by atoms with Gasteiger partial charge in [0.15, 0.2) is 5.78 Å². The van der Waals surface area contributed by atoms with Crippen molar-refractivity contribution >= 4 is 17.7 Å². The summed E-state index contributed by atoms with van der Waals surface area (Å²) in [7, 11) is 1.34. The maximum Gasteiger partial charge on any atom is 0.337 e. The van der Waals surface area contributed by atoms with Crippen molar-refractivity contribution in [3.8, 4) is 0 Å². The van der Waals surface area contributed by atoms with Crippen molar-refractivity contribution in [2.24, 2.45) is 0 Å². The van der Waals surface area contributed by atoms with E-state index in [2.05, 4.69) is 5.32 Å². The predicted octanol–water partition coefficient (Wildman–Crippen LogP) is 3.93. The number of carbonyl (C=O) groups is 3. The standard InChI is InChI=1S/C24H27NO5/c1-14-20(24(28)30-17-6-3-4-7-17)21(22-18(25-14)8-5-9-19(22)26)15-10-12-16(13-11-15)23(27)29-2/h10-13,17,21,25H,3-9H2,1-2H3. The van der Waals surface area contributed by atoms with E-state index in [0.29, 0.717) is 23.1 Å². The van der Waals surface area contributed by atoms with Gasteiger partial charge in [0, 0.05) is 29.3 Å². The molecular weight excluding hydrogens is 382 g/mol. The van der Waals surface area contributed by atoms with E-state index < -0.39 is 11.9 Å². The van der Waals surface area contributed by atoms with Crippen molar-refractivity contribution in [1.82, 2.24) is 5.32 Å². The third-order valence-electron chi connectivity index (χ3n) is 6.24. The molecule has 1 heterocycles. The van der Waals surface area contributed by atoms with Crippen LogP contribution in [0.4, 0.5) is 0 Å². The molecule has 1 N–H and O–H groups in total. The van der Waals surface area contributed by atoms with Crippen molar-refractivity contribution < 1.29 is 23.9 Å². The molecule has 3 aliphatic rings. The van der Waals surface area contributed by atoms with Gasteiger partial charge in [-0.15, -0.1) is 0 Å². The summed E-state index contributed by atoms with van der Waals surface area (Å²) in [4.78, 5) is 37.9. The lowest BCUT2D eigenvalue weighted by atomic mass is 9.75. The van der Waals surface area contributed by atoms with Gasteiger partial charge >= 0.3 is 11.9 Å². The van der Waals surface area contributed by atoms with Crippen LogP contribution in [0, 0.1) is 0 Å². The number of benzene rings is 1. The summed E-state index contributed by atoms with van der Waals surface area (Å²) in [6, 6.07) is 6.94. The molecule has 1 unspecified atom stereocenters. The highest BCUT2D eigenvalue weighted by molar-refractivity contribution is 6.03. The highest BCUT2D eigenvalue weighted by atomic mass is 16.5. The molecule has 6 heteroatoms. The molecule has 0 aromatic heterocycles. The van der Waals surface area contributed by atoms with Crippen LogP contribution in [-0.4, -0.2) is 30.9 Å². The minimum absolute atomic E-state index is 0.0578. The van der Waals surface area contributed by atoms with Gasteiger partial charge in [-0.2, -0.15) is 0 Å². The Hall–Kier alpha value is -2.89. The molecule has 1 fully saturated rings. The fourth-order valence-electron chi connectivity index (χ4n) is 4.74. The van der Waals surface area contributed by atoms with Gasteiger partial charge in [-0.25, -0.2) is 9.59 Å². The molecule has 2 aliphatic carbocycles. The van der Waals surface area contributed by atoms with Crippen molar-refractivity contribution in [2.45, 2.75) is 63.9 Å². The molecule has 0 amide bonds. The maximum atomic E-state index is 13.2. The summed E-state index contributed by atoms with van der Waals surface area (Å²) in [6.07, 6.45) is 5.90. The molecule has 1 saturated carbocycles. The molecule has 30 heavy (non-hydrogen) atoms. The molecule has 0 bridgehead atoms. The van der Waals surface area contributed by atoms with Gasteiger partial charge in [0.25, 0.3) is 0 Å². The Morgan fingerprint density at radius 3 is 2.37 bits per heavy atom. The number of allylic oxidation sites excluding steroid dienone is 3. The van der Waals surface area contributed by atoms with E-state index in [1.807, 2.05) is 6.92 Å². The average molecular weight is 409 g/mol. The summed E-state index contributed by atoms with van der Waals surface area (Å²) in [5.41, 5.74) is 3.98. The van der Waals surface area contributed by atoms with Crippen LogP contribution in [0.1, 0.15) is 73.7 Å². The molecule has 158 valence electrons. The first-order chi connectivity index (χ1) is 14.5. The van der Waals surface area contributed by atoms with E-state index >= 15 is 0 Å². The van der Waals surface area contributed by atoms with E-state index in [-0.39, 0.29) is 17.9 Å². The summed E-state index contributed by atoms with van der Waals surface area (Å²) in [5, 5.41) is 3.31. The lowest BCUT2D eigenvalue weighted by Crippen LogP contribution is -2.35. The molecular formula is C24H27NO5. The summed E-state index contributed by atoms with van der Waals surface area (Å²) in [5.74, 6) is -1.22. The maximum absolute atomic E-state index is 13.2. The molecule has 0 saturated heterocycles. The topological polar surface area (TPSA) is 81.7 Å². The smallest absolute Gasteiger partial charge is 0.337 e. The molecule has 1 atom stereocenters. The van der Waals surface area contributed by atoms with Gasteiger partial charge in [0.1, 0.15) is 6.10 Å². The molecule has 6 nitrogen and oxygen atoms in total. The first-order valence-corrected chi connectivity index (χ1v) is 10.6. The molecule has 4 rings (SSSR count). The number of esters is 2. The second-order valence-electron chi connectivity index (χ2n) is 8.19. The number of dihydropyridines is 1. The lowest BCUT2D eigenvalue weighted by molar-refractivity contribution is -0.144. The minimum atomic E-state index is -0.491. The predicted molar refractivity (Wildman–Crippen MR) is 111 cm³/mol. The normalized spacial score (nSPS) is 21.9. The monoisotopic (exact) mass is 409 g/mol. The number of ketones is 1. The number of methoxy groups -OCH3 is 1. The number of Topliss-reactive ketones (excluding diaryl/α,β-unsaturated/α-hetero) is 1. The second-order valence-corrected chi connectivity index (χ2v) is 8.19. The van der Waals surface area contributed by atoms with Gasteiger partial charge in [-0.1, -0.05) is 12.1 Å². The van der Waals surface area contributed by atoms with Crippen LogP contribution in [-0.2, 0) is 19.1 Å². The van der Waals surface area contributed by atoms with Gasteiger partial charge in [0.2, 0.25) is 0 Å². The van der Waals surface area contributed by atoms with Crippen LogP contribution in [0.15, 0.2) is 46.8 Å². The van der Waals surface area contributed by atoms with Crippen LogP contribution >= 0.6 is 0 Å². The van der Waals surface area contributed by atoms with Crippen LogP contribution in [0.25, 0.3) is 0 Å². The number of carbonyl (C=O) groups excluding carboxylic acids is 3.